The first-order chi connectivity index (χ1) is 13.2. The summed E-state index contributed by atoms with van der Waals surface area (Å²) < 4.78 is 29.0. The summed E-state index contributed by atoms with van der Waals surface area (Å²) in [6.07, 6.45) is 2.25. The molecule has 0 aliphatic carbocycles. The molecule has 0 atom stereocenters. The lowest BCUT2D eigenvalue weighted by atomic mass is 10.1. The third kappa shape index (κ3) is 5.92. The molecule has 0 radical (unpaired) electrons. The molecule has 0 spiro atoms. The van der Waals surface area contributed by atoms with Gasteiger partial charge in [-0.25, -0.2) is 13.6 Å². The quantitative estimate of drug-likeness (QED) is 0.480. The molecule has 28 heavy (non-hydrogen) atoms. The van der Waals surface area contributed by atoms with Gasteiger partial charge in [-0.05, 0) is 55.0 Å². The summed E-state index contributed by atoms with van der Waals surface area (Å²) in [5, 5.41) is 17.0. The van der Waals surface area contributed by atoms with E-state index in [2.05, 4.69) is 21.2 Å². The third-order valence-corrected chi connectivity index (χ3v) is 4.96. The second kappa shape index (κ2) is 9.50. The topological polar surface area (TPSA) is 122 Å². The van der Waals surface area contributed by atoms with Gasteiger partial charge < -0.3 is 10.1 Å². The van der Waals surface area contributed by atoms with Crippen LogP contribution in [0.1, 0.15) is 18.9 Å². The van der Waals surface area contributed by atoms with Crippen LogP contribution in [0.5, 0.6) is 5.75 Å². The molecule has 0 aliphatic heterocycles. The highest BCUT2D eigenvalue weighted by atomic mass is 79.9. The van der Waals surface area contributed by atoms with Gasteiger partial charge >= 0.3 is 0 Å². The van der Waals surface area contributed by atoms with Gasteiger partial charge in [0.2, 0.25) is 10.0 Å². The van der Waals surface area contributed by atoms with E-state index in [4.69, 9.17) is 9.88 Å². The third-order valence-electron chi connectivity index (χ3n) is 3.54. The summed E-state index contributed by atoms with van der Waals surface area (Å²) in [5.41, 5.74) is 0.782. The van der Waals surface area contributed by atoms with Crippen molar-refractivity contribution in [2.45, 2.75) is 18.2 Å². The Morgan fingerprint density at radius 3 is 2.54 bits per heavy atom. The number of nitriles is 1. The van der Waals surface area contributed by atoms with E-state index in [1.807, 2.05) is 19.1 Å². The van der Waals surface area contributed by atoms with Gasteiger partial charge in [-0.2, -0.15) is 5.26 Å². The van der Waals surface area contributed by atoms with E-state index >= 15 is 0 Å². The summed E-state index contributed by atoms with van der Waals surface area (Å²) in [5.74, 6) is -0.0737. The number of carbonyl (C=O) groups is 1. The molecule has 2 rings (SSSR count). The monoisotopic (exact) mass is 463 g/mol. The lowest BCUT2D eigenvalue weighted by molar-refractivity contribution is -0.112. The maximum atomic E-state index is 12.4. The van der Waals surface area contributed by atoms with Crippen LogP contribution in [0.4, 0.5) is 5.69 Å². The highest BCUT2D eigenvalue weighted by Crippen LogP contribution is 2.26. The Kier molecular flexibility index (Phi) is 7.34. The van der Waals surface area contributed by atoms with Crippen LogP contribution in [0.15, 0.2) is 57.4 Å². The van der Waals surface area contributed by atoms with Crippen LogP contribution in [-0.2, 0) is 14.8 Å². The van der Waals surface area contributed by atoms with Crippen LogP contribution >= 0.6 is 15.9 Å². The molecule has 0 aliphatic rings. The highest BCUT2D eigenvalue weighted by molar-refractivity contribution is 9.10. The van der Waals surface area contributed by atoms with Gasteiger partial charge in [0.1, 0.15) is 17.4 Å². The summed E-state index contributed by atoms with van der Waals surface area (Å²) in [4.78, 5) is 12.4. The van der Waals surface area contributed by atoms with E-state index in [9.17, 15) is 18.5 Å². The van der Waals surface area contributed by atoms with E-state index in [0.29, 0.717) is 23.6 Å². The van der Waals surface area contributed by atoms with Crippen molar-refractivity contribution in [2.24, 2.45) is 5.14 Å². The van der Waals surface area contributed by atoms with Gasteiger partial charge in [-0.3, -0.25) is 4.79 Å². The van der Waals surface area contributed by atoms with Gasteiger partial charge in [0.15, 0.2) is 0 Å². The predicted molar refractivity (Wildman–Crippen MR) is 110 cm³/mol. The van der Waals surface area contributed by atoms with Crippen molar-refractivity contribution >= 4 is 43.6 Å². The number of nitrogens with one attached hydrogen (secondary N) is 1. The standard InChI is InChI=1S/C19H18BrN3O4S/c1-2-9-27-18-8-3-15(20)11-13(18)10-14(12-21)19(24)23-16-4-6-17(7-5-16)28(22,25)26/h3-8,10-11H,2,9H2,1H3,(H,23,24)(H2,22,25,26)/b14-10+. The molecular formula is C19H18BrN3O4S. The van der Waals surface area contributed by atoms with Crippen molar-refractivity contribution in [2.75, 3.05) is 11.9 Å². The fourth-order valence-electron chi connectivity index (χ4n) is 2.21. The number of sulfonamides is 1. The minimum atomic E-state index is -3.82. The van der Waals surface area contributed by atoms with Crippen LogP contribution in [0, 0.1) is 11.3 Å². The Balaban J connectivity index is 2.26. The van der Waals surface area contributed by atoms with Crippen molar-refractivity contribution in [3.05, 3.63) is 58.1 Å². The van der Waals surface area contributed by atoms with Gasteiger partial charge in [0.25, 0.3) is 5.91 Å². The summed E-state index contributed by atoms with van der Waals surface area (Å²) in [7, 11) is -3.82. The number of amides is 1. The number of nitrogens with two attached hydrogens (primary N) is 1. The average molecular weight is 464 g/mol. The van der Waals surface area contributed by atoms with Gasteiger partial charge in [-0.15, -0.1) is 0 Å². The van der Waals surface area contributed by atoms with Crippen molar-refractivity contribution < 1.29 is 17.9 Å². The van der Waals surface area contributed by atoms with Crippen molar-refractivity contribution in [1.29, 1.82) is 5.26 Å². The SMILES string of the molecule is CCCOc1ccc(Br)cc1/C=C(\C#N)C(=O)Nc1ccc(S(N)(=O)=O)cc1. The largest absolute Gasteiger partial charge is 0.493 e. The molecule has 0 aromatic heterocycles. The lowest BCUT2D eigenvalue weighted by Gasteiger charge is -2.10. The molecule has 2 aromatic carbocycles. The molecule has 0 saturated heterocycles. The van der Waals surface area contributed by atoms with Crippen molar-refractivity contribution in [3.63, 3.8) is 0 Å². The first-order valence-corrected chi connectivity index (χ1v) is 10.6. The lowest BCUT2D eigenvalue weighted by Crippen LogP contribution is -2.14. The maximum Gasteiger partial charge on any atom is 0.266 e. The highest BCUT2D eigenvalue weighted by Gasteiger charge is 2.13. The number of halogens is 1. The predicted octanol–water partition coefficient (Wildman–Crippen LogP) is 3.43. The van der Waals surface area contributed by atoms with Crippen LogP contribution in [-0.4, -0.2) is 20.9 Å². The molecule has 0 unspecified atom stereocenters. The summed E-state index contributed by atoms with van der Waals surface area (Å²) in [6.45, 7) is 2.48. The zero-order chi connectivity index (χ0) is 20.7. The normalized spacial score (nSPS) is 11.6. The smallest absolute Gasteiger partial charge is 0.266 e. The molecule has 1 amide bonds. The Labute approximate surface area is 172 Å². The molecule has 2 aromatic rings. The van der Waals surface area contributed by atoms with E-state index in [0.717, 1.165) is 10.9 Å². The Morgan fingerprint density at radius 1 is 1.29 bits per heavy atom. The van der Waals surface area contributed by atoms with E-state index in [-0.39, 0.29) is 10.5 Å². The van der Waals surface area contributed by atoms with Crippen LogP contribution < -0.4 is 15.2 Å². The molecule has 0 heterocycles. The number of anilines is 1. The number of benzene rings is 2. The summed E-state index contributed by atoms with van der Waals surface area (Å²) in [6, 6.07) is 12.5. The van der Waals surface area contributed by atoms with Gasteiger partial charge in [0.05, 0.1) is 11.5 Å². The number of nitrogens with zero attached hydrogens (tertiary/aromatic N) is 1. The molecular weight excluding hydrogens is 446 g/mol. The number of carbonyl (C=O) groups excluding carboxylic acids is 1. The molecule has 0 bridgehead atoms. The Bertz CT molecular complexity index is 1040. The van der Waals surface area contributed by atoms with E-state index in [1.165, 1.54) is 30.3 Å². The number of hydrogen-bond acceptors (Lipinski definition) is 5. The van der Waals surface area contributed by atoms with Gasteiger partial charge in [0, 0.05) is 15.7 Å². The Morgan fingerprint density at radius 2 is 1.96 bits per heavy atom. The molecule has 146 valence electrons. The number of primary sulfonamides is 1. The molecule has 7 nitrogen and oxygen atoms in total. The minimum Gasteiger partial charge on any atom is -0.493 e. The first kappa shape index (κ1) is 21.6. The van der Waals surface area contributed by atoms with Crippen LogP contribution in [0.25, 0.3) is 6.08 Å². The number of rotatable bonds is 7. The zero-order valence-corrected chi connectivity index (χ0v) is 17.4. The first-order valence-electron chi connectivity index (χ1n) is 8.23. The van der Waals surface area contributed by atoms with Crippen molar-refractivity contribution in [1.82, 2.24) is 0 Å². The Hall–Kier alpha value is -2.67. The molecule has 9 heteroatoms. The number of hydrogen-bond donors (Lipinski definition) is 2. The maximum absolute atomic E-state index is 12.4. The second-order valence-electron chi connectivity index (χ2n) is 5.72. The van der Waals surface area contributed by atoms with E-state index < -0.39 is 15.9 Å². The molecule has 3 N–H and O–H groups in total. The molecule has 0 fully saturated rings. The van der Waals surface area contributed by atoms with Gasteiger partial charge in [-0.1, -0.05) is 22.9 Å². The van der Waals surface area contributed by atoms with E-state index in [1.54, 1.807) is 12.1 Å². The molecule has 0 saturated carbocycles. The second-order valence-corrected chi connectivity index (χ2v) is 8.20. The van der Waals surface area contributed by atoms with Crippen LogP contribution in [0.3, 0.4) is 0 Å². The fourth-order valence-corrected chi connectivity index (χ4v) is 3.10. The van der Waals surface area contributed by atoms with Crippen molar-refractivity contribution in [3.8, 4) is 11.8 Å². The zero-order valence-electron chi connectivity index (χ0n) is 15.0. The number of ether oxygens (including phenoxy) is 1. The fraction of sp³-hybridized carbons (Fsp3) is 0.158. The minimum absolute atomic E-state index is 0.0756. The van der Waals surface area contributed by atoms with Crippen LogP contribution in [0.2, 0.25) is 0 Å². The summed E-state index contributed by atoms with van der Waals surface area (Å²) >= 11 is 3.36. The average Bonchev–Trinajstić information content (AvgIpc) is 2.65.